The average Bonchev–Trinajstić information content (AvgIpc) is 3.68. The summed E-state index contributed by atoms with van der Waals surface area (Å²) in [6.45, 7) is -2.33. The molecule has 5 rings (SSSR count). The number of nitrogens with two attached hydrogens (primary N) is 2. The molecule has 0 spiro atoms. The number of nitrogens with one attached hydrogen (secondary N) is 2. The number of imidazole rings is 2. The Morgan fingerprint density at radius 3 is 2.27 bits per heavy atom. The number of phosphoric acid groups is 3. The maximum Gasteiger partial charge on any atom is 0.490 e. The molecule has 4 aromatic heterocycles. The van der Waals surface area contributed by atoms with E-state index in [0.29, 0.717) is 0 Å². The van der Waals surface area contributed by atoms with Crippen LogP contribution in [0.3, 0.4) is 0 Å². The molecule has 0 radical (unpaired) electrons. The van der Waals surface area contributed by atoms with Crippen molar-refractivity contribution in [3.8, 4) is 0 Å². The Bertz CT molecular complexity index is 2270. The summed E-state index contributed by atoms with van der Waals surface area (Å²) in [5.74, 6) is -0.647. The van der Waals surface area contributed by atoms with Crippen molar-refractivity contribution in [1.29, 1.82) is 0 Å². The lowest BCUT2D eigenvalue weighted by atomic mass is 10.1. The number of fused-ring (bicyclic) bond motifs is 2. The van der Waals surface area contributed by atoms with Gasteiger partial charge in [-0.3, -0.25) is 42.5 Å². The van der Waals surface area contributed by atoms with Crippen molar-refractivity contribution in [3.63, 3.8) is 0 Å². The van der Waals surface area contributed by atoms with Crippen molar-refractivity contribution in [3.05, 3.63) is 33.4 Å². The van der Waals surface area contributed by atoms with E-state index in [9.17, 15) is 57.8 Å². The van der Waals surface area contributed by atoms with Gasteiger partial charge in [0.2, 0.25) is 17.7 Å². The van der Waals surface area contributed by atoms with E-state index in [-0.39, 0.29) is 46.8 Å². The Labute approximate surface area is 286 Å². The van der Waals surface area contributed by atoms with Crippen LogP contribution in [0.5, 0.6) is 0 Å². The molecule has 31 heteroatoms. The highest BCUT2D eigenvalue weighted by molar-refractivity contribution is 7.66. The number of carbonyl (C=O) groups excluding carboxylic acids is 2. The van der Waals surface area contributed by atoms with Crippen LogP contribution in [0.4, 0.5) is 11.9 Å². The fourth-order valence-electron chi connectivity index (χ4n) is 4.79. The number of aromatic nitrogens is 8. The smallest absolute Gasteiger partial charge is 0.387 e. The van der Waals surface area contributed by atoms with Crippen LogP contribution >= 0.6 is 23.5 Å². The Hall–Kier alpha value is -4.11. The number of H-pyrrole nitrogens is 2. The zero-order valence-corrected chi connectivity index (χ0v) is 28.6. The first-order valence-corrected chi connectivity index (χ1v) is 18.5. The standard InChI is InChI=1S/C21H27N10O18P3/c1-29-7-31(16-12(29)18(37)28-21(23)26-16)10(3-33)46-8(2-32)4-44-50(38,39)48-52(42,43)49-51(40,41)45-5-9-13(34)14(35)19(47-9)30-6-24-11-15(30)25-20(22)27-17(11)36/h2-3,6-10,13-14,19,34-35H,4-5H2,1H3,(H8-,22,23,25,26,27,28,36,37,38,39,40,41,42,43)/p+1/t8?,9-,10?,13-,14-,19-/m1/s1. The lowest BCUT2D eigenvalue weighted by Crippen LogP contribution is -2.44. The fourth-order valence-corrected chi connectivity index (χ4v) is 8.31. The van der Waals surface area contributed by atoms with E-state index >= 15 is 0 Å². The number of aryl methyl sites for hydroxylation is 1. The second-order valence-electron chi connectivity index (χ2n) is 10.6. The van der Waals surface area contributed by atoms with Crippen LogP contribution in [0.1, 0.15) is 12.5 Å². The summed E-state index contributed by atoms with van der Waals surface area (Å²) in [6, 6.07) is 0. The zero-order chi connectivity index (χ0) is 38.3. The molecule has 11 N–H and O–H groups in total. The molecule has 0 bridgehead atoms. The van der Waals surface area contributed by atoms with Gasteiger partial charge in [0, 0.05) is 0 Å². The van der Waals surface area contributed by atoms with Gasteiger partial charge < -0.3 is 50.6 Å². The van der Waals surface area contributed by atoms with Crippen molar-refractivity contribution >= 4 is 70.3 Å². The number of aromatic amines is 2. The van der Waals surface area contributed by atoms with Crippen molar-refractivity contribution in [2.75, 3.05) is 24.7 Å². The molecule has 28 nitrogen and oxygen atoms in total. The number of ether oxygens (including phenoxy) is 2. The van der Waals surface area contributed by atoms with Gasteiger partial charge in [-0.2, -0.15) is 18.2 Å². The van der Waals surface area contributed by atoms with Gasteiger partial charge in [0.05, 0.1) is 26.6 Å². The number of anilines is 2. The molecule has 9 atom stereocenters. The van der Waals surface area contributed by atoms with Crippen LogP contribution in [0, 0.1) is 0 Å². The Morgan fingerprint density at radius 1 is 0.981 bits per heavy atom. The van der Waals surface area contributed by atoms with Gasteiger partial charge in [-0.15, -0.1) is 0 Å². The van der Waals surface area contributed by atoms with E-state index in [0.717, 1.165) is 15.5 Å². The second-order valence-corrected chi connectivity index (χ2v) is 15.2. The van der Waals surface area contributed by atoms with E-state index in [1.165, 1.54) is 17.9 Å². The summed E-state index contributed by atoms with van der Waals surface area (Å²) < 4.78 is 68.1. The number of rotatable bonds is 16. The molecular formula is C21H28N10O18P3+. The first-order chi connectivity index (χ1) is 24.2. The number of nitrogen functional groups attached to an aromatic ring is 2. The number of hydrogen-bond donors (Lipinski definition) is 9. The van der Waals surface area contributed by atoms with Crippen LogP contribution in [-0.4, -0.2) is 109 Å². The Kier molecular flexibility index (Phi) is 11.1. The summed E-state index contributed by atoms with van der Waals surface area (Å²) >= 11 is 0. The summed E-state index contributed by atoms with van der Waals surface area (Å²) in [5.41, 5.74) is 9.08. The minimum Gasteiger partial charge on any atom is -0.387 e. The van der Waals surface area contributed by atoms with Gasteiger partial charge in [-0.05, 0) is 0 Å². The minimum absolute atomic E-state index is 0.00350. The molecule has 5 unspecified atom stereocenters. The average molecular weight is 801 g/mol. The predicted octanol–water partition coefficient (Wildman–Crippen LogP) is -3.88. The third-order valence-corrected chi connectivity index (χ3v) is 11.2. The van der Waals surface area contributed by atoms with E-state index in [2.05, 4.69) is 42.6 Å². The number of phosphoric ester groups is 2. The molecular weight excluding hydrogens is 773 g/mol. The monoisotopic (exact) mass is 801 g/mol. The summed E-state index contributed by atoms with van der Waals surface area (Å²) in [4.78, 5) is 93.6. The van der Waals surface area contributed by atoms with Gasteiger partial charge in [0.15, 0.2) is 36.3 Å². The van der Waals surface area contributed by atoms with Gasteiger partial charge >= 0.3 is 29.1 Å². The van der Waals surface area contributed by atoms with Crippen molar-refractivity contribution in [2.45, 2.75) is 36.9 Å². The third kappa shape index (κ3) is 8.41. The van der Waals surface area contributed by atoms with Crippen molar-refractivity contribution in [1.82, 2.24) is 34.1 Å². The normalized spacial score (nSPS) is 23.9. The highest BCUT2D eigenvalue weighted by Crippen LogP contribution is 2.67. The molecule has 284 valence electrons. The van der Waals surface area contributed by atoms with Crippen LogP contribution in [0.25, 0.3) is 22.3 Å². The first-order valence-electron chi connectivity index (χ1n) is 14.0. The quantitative estimate of drug-likeness (QED) is 0.0297. The predicted molar refractivity (Wildman–Crippen MR) is 164 cm³/mol. The third-order valence-electron chi connectivity index (χ3n) is 6.92. The SMILES string of the molecule is Cn1c[n+](C(C=O)OC(C=O)COP(=O)(O)OP(=O)(O)OP(=O)(O)OC[C@H]2O[C@@H](n3cnc4c(=O)[nH]c(N)nc43)[C@H](O)[C@@H]2O)c2nc(N)[nH]c(=O)c21. The first kappa shape index (κ1) is 39.1. The molecule has 1 saturated heterocycles. The summed E-state index contributed by atoms with van der Waals surface area (Å²) in [5, 5.41) is 20.9. The summed E-state index contributed by atoms with van der Waals surface area (Å²) in [7, 11) is -16.1. The highest BCUT2D eigenvalue weighted by Gasteiger charge is 2.47. The van der Waals surface area contributed by atoms with Crippen LogP contribution in [-0.2, 0) is 57.5 Å². The Balaban J connectivity index is 1.17. The second kappa shape index (κ2) is 14.7. The van der Waals surface area contributed by atoms with Gasteiger partial charge in [0.1, 0.15) is 24.4 Å². The molecule has 4 aromatic rings. The van der Waals surface area contributed by atoms with Gasteiger partial charge in [-0.1, -0.05) is 4.98 Å². The highest BCUT2D eigenvalue weighted by atomic mass is 31.3. The lowest BCUT2D eigenvalue weighted by Gasteiger charge is -2.21. The lowest BCUT2D eigenvalue weighted by molar-refractivity contribution is -0.725. The maximum atomic E-state index is 12.4. The molecule has 1 fully saturated rings. The Morgan fingerprint density at radius 2 is 1.62 bits per heavy atom. The topological polar surface area (TPSA) is 412 Å². The number of nitrogens with zero attached hydrogens (tertiary/aromatic N) is 6. The van der Waals surface area contributed by atoms with Crippen LogP contribution in [0.2, 0.25) is 0 Å². The minimum atomic E-state index is -6.04. The molecule has 52 heavy (non-hydrogen) atoms. The molecule has 0 saturated carbocycles. The van der Waals surface area contributed by atoms with Crippen molar-refractivity contribution < 1.29 is 79.9 Å². The fraction of sp³-hybridized carbons (Fsp3) is 0.429. The van der Waals surface area contributed by atoms with E-state index in [1.807, 2.05) is 0 Å². The molecule has 0 aromatic carbocycles. The number of aliphatic hydroxyl groups is 2. The molecule has 1 aliphatic heterocycles. The number of hydrogen-bond acceptors (Lipinski definition) is 20. The zero-order valence-electron chi connectivity index (χ0n) is 25.9. The number of aldehydes is 2. The van der Waals surface area contributed by atoms with Crippen molar-refractivity contribution in [2.24, 2.45) is 7.05 Å². The largest absolute Gasteiger partial charge is 0.490 e. The maximum absolute atomic E-state index is 12.4. The number of carbonyl (C=O) groups is 2. The van der Waals surface area contributed by atoms with Gasteiger partial charge in [0.25, 0.3) is 17.1 Å². The van der Waals surface area contributed by atoms with E-state index in [1.54, 1.807) is 0 Å². The van der Waals surface area contributed by atoms with Gasteiger partial charge in [-0.25, -0.2) is 18.7 Å². The van der Waals surface area contributed by atoms with E-state index in [4.69, 9.17) is 20.9 Å². The summed E-state index contributed by atoms with van der Waals surface area (Å²) in [6.07, 6.45) is -7.96. The molecule has 1 aliphatic rings. The van der Waals surface area contributed by atoms with Crippen LogP contribution < -0.4 is 27.2 Å². The van der Waals surface area contributed by atoms with Crippen LogP contribution in [0.15, 0.2) is 22.2 Å². The molecule has 0 amide bonds. The molecule has 5 heterocycles. The van der Waals surface area contributed by atoms with E-state index < -0.39 is 84.7 Å². The number of aliphatic hydroxyl groups excluding tert-OH is 2. The molecule has 0 aliphatic carbocycles.